The lowest BCUT2D eigenvalue weighted by Crippen LogP contribution is -2.51. The number of hydrogen-bond acceptors (Lipinski definition) is 6. The van der Waals surface area contributed by atoms with Crippen LogP contribution in [0.25, 0.3) is 0 Å². The summed E-state index contributed by atoms with van der Waals surface area (Å²) >= 11 is 0. The van der Waals surface area contributed by atoms with Crippen LogP contribution in [0, 0.1) is 11.8 Å². The van der Waals surface area contributed by atoms with E-state index in [0.29, 0.717) is 12.8 Å². The molecule has 0 aliphatic carbocycles. The molecule has 31 heavy (non-hydrogen) atoms. The molecule has 4 rings (SSSR count). The van der Waals surface area contributed by atoms with Gasteiger partial charge in [0.1, 0.15) is 6.23 Å². The van der Waals surface area contributed by atoms with Crippen LogP contribution in [0.5, 0.6) is 0 Å². The highest BCUT2D eigenvalue weighted by Crippen LogP contribution is 2.30. The summed E-state index contributed by atoms with van der Waals surface area (Å²) in [5.41, 5.74) is 2.37. The van der Waals surface area contributed by atoms with Crippen molar-refractivity contribution < 1.29 is 9.90 Å². The first-order chi connectivity index (χ1) is 15.0. The van der Waals surface area contributed by atoms with E-state index in [0.717, 1.165) is 50.1 Å². The van der Waals surface area contributed by atoms with Gasteiger partial charge in [-0.25, -0.2) is 5.01 Å². The Morgan fingerprint density at radius 2 is 1.84 bits per heavy atom. The Bertz CT molecular complexity index is 713. The minimum atomic E-state index is -0.775. The minimum Gasteiger partial charge on any atom is -0.373 e. The fraction of sp³-hybridized carbons (Fsp3) is 0.708. The lowest BCUT2D eigenvalue weighted by molar-refractivity contribution is -0.127. The molecule has 3 aliphatic heterocycles. The van der Waals surface area contributed by atoms with Gasteiger partial charge in [0, 0.05) is 50.7 Å². The number of nitrogens with two attached hydrogens (primary N) is 1. The summed E-state index contributed by atoms with van der Waals surface area (Å²) in [4.78, 5) is 16.5. The van der Waals surface area contributed by atoms with Crippen LogP contribution in [0.2, 0.25) is 0 Å². The average Bonchev–Trinajstić information content (AvgIpc) is 2.75. The number of rotatable bonds is 8. The third kappa shape index (κ3) is 5.77. The van der Waals surface area contributed by atoms with Crippen molar-refractivity contribution in [2.75, 3.05) is 50.7 Å². The fourth-order valence-corrected chi connectivity index (χ4v) is 5.34. The number of aliphatic hydroxyl groups excluding tert-OH is 1. The Morgan fingerprint density at radius 3 is 2.45 bits per heavy atom. The van der Waals surface area contributed by atoms with Crippen molar-refractivity contribution in [1.29, 1.82) is 0 Å². The highest BCUT2D eigenvalue weighted by Gasteiger charge is 2.29. The van der Waals surface area contributed by atoms with E-state index in [1.165, 1.54) is 38.0 Å². The number of hydrazine groups is 1. The number of carbonyl (C=O) groups excluding carboxylic acids is 1. The molecule has 172 valence electrons. The molecule has 4 N–H and O–H groups in total. The molecule has 7 heteroatoms. The minimum absolute atomic E-state index is 0.00891. The van der Waals surface area contributed by atoms with Gasteiger partial charge in [-0.05, 0) is 68.3 Å². The van der Waals surface area contributed by atoms with E-state index < -0.39 is 6.23 Å². The van der Waals surface area contributed by atoms with Crippen LogP contribution in [-0.4, -0.2) is 73.0 Å². The summed E-state index contributed by atoms with van der Waals surface area (Å²) in [6, 6.07) is 8.59. The van der Waals surface area contributed by atoms with Crippen molar-refractivity contribution in [2.24, 2.45) is 17.7 Å². The molecule has 3 heterocycles. The van der Waals surface area contributed by atoms with Gasteiger partial charge in [0.15, 0.2) is 0 Å². The predicted octanol–water partition coefficient (Wildman–Crippen LogP) is 1.73. The molecule has 1 aromatic rings. The molecule has 3 aliphatic rings. The van der Waals surface area contributed by atoms with Crippen molar-refractivity contribution in [1.82, 2.24) is 15.2 Å². The number of nitrogens with zero attached hydrogens (tertiary/aromatic N) is 3. The molecule has 0 bridgehead atoms. The maximum atomic E-state index is 11.4. The molecule has 1 aromatic carbocycles. The van der Waals surface area contributed by atoms with Gasteiger partial charge < -0.3 is 20.2 Å². The number of aliphatic hydroxyl groups is 1. The summed E-state index contributed by atoms with van der Waals surface area (Å²) in [5.74, 6) is 7.26. The van der Waals surface area contributed by atoms with E-state index >= 15 is 0 Å². The molecule has 3 fully saturated rings. The van der Waals surface area contributed by atoms with Gasteiger partial charge in [-0.2, -0.15) is 0 Å². The summed E-state index contributed by atoms with van der Waals surface area (Å²) in [6.45, 7) is 10.2. The number of carbonyl (C=O) groups is 1. The van der Waals surface area contributed by atoms with Crippen molar-refractivity contribution in [3.8, 4) is 0 Å². The Morgan fingerprint density at radius 1 is 1.13 bits per heavy atom. The molecule has 0 aromatic heterocycles. The Labute approximate surface area is 186 Å². The van der Waals surface area contributed by atoms with Gasteiger partial charge in [-0.15, -0.1) is 0 Å². The summed E-state index contributed by atoms with van der Waals surface area (Å²) in [7, 11) is 0. The normalized spacial score (nSPS) is 26.2. The Kier molecular flexibility index (Phi) is 7.48. The van der Waals surface area contributed by atoms with E-state index in [2.05, 4.69) is 46.3 Å². The van der Waals surface area contributed by atoms with Crippen LogP contribution < -0.4 is 16.1 Å². The fourth-order valence-electron chi connectivity index (χ4n) is 5.34. The van der Waals surface area contributed by atoms with Gasteiger partial charge in [0.25, 0.3) is 0 Å². The van der Waals surface area contributed by atoms with Crippen LogP contribution in [0.3, 0.4) is 0 Å². The molecule has 7 nitrogen and oxygen atoms in total. The van der Waals surface area contributed by atoms with Crippen molar-refractivity contribution in [3.05, 3.63) is 29.8 Å². The SMILES string of the molecule is CCN(CCC1CN(N)C1)CC1CCN(c2ccc(C3CCC(=O)NC3O)cc2)CC1. The van der Waals surface area contributed by atoms with Gasteiger partial charge >= 0.3 is 0 Å². The zero-order valence-corrected chi connectivity index (χ0v) is 18.9. The average molecular weight is 430 g/mol. The second kappa shape index (κ2) is 10.3. The molecule has 2 unspecified atom stereocenters. The topological polar surface area (TPSA) is 85.1 Å². The lowest BCUT2D eigenvalue weighted by Gasteiger charge is -2.38. The number of amides is 1. The first-order valence-electron chi connectivity index (χ1n) is 12.1. The maximum Gasteiger partial charge on any atom is 0.222 e. The number of nitrogens with one attached hydrogen (secondary N) is 1. The standard InChI is InChI=1S/C24H39N5O2/c1-2-27(12-9-19-16-29(25)17-19)15-18-10-13-28(14-11-18)21-5-3-20(4-6-21)22-7-8-23(30)26-24(22)31/h3-6,18-19,22,24,31H,2,7-17,25H2,1H3,(H,26,30). The van der Waals surface area contributed by atoms with Crippen LogP contribution in [0.15, 0.2) is 24.3 Å². The largest absolute Gasteiger partial charge is 0.373 e. The van der Waals surface area contributed by atoms with Crippen LogP contribution in [0.1, 0.15) is 50.5 Å². The molecule has 2 atom stereocenters. The van der Waals surface area contributed by atoms with Crippen LogP contribution >= 0.6 is 0 Å². The lowest BCUT2D eigenvalue weighted by atomic mass is 9.89. The summed E-state index contributed by atoms with van der Waals surface area (Å²) in [6.07, 6.45) is 4.17. The van der Waals surface area contributed by atoms with E-state index in [9.17, 15) is 9.90 Å². The third-order valence-electron chi connectivity index (χ3n) is 7.48. The zero-order valence-electron chi connectivity index (χ0n) is 18.9. The molecular weight excluding hydrogens is 390 g/mol. The van der Waals surface area contributed by atoms with Gasteiger partial charge in [-0.3, -0.25) is 10.6 Å². The maximum absolute atomic E-state index is 11.4. The zero-order chi connectivity index (χ0) is 21.8. The second-order valence-corrected chi connectivity index (χ2v) is 9.68. The predicted molar refractivity (Wildman–Crippen MR) is 123 cm³/mol. The number of benzene rings is 1. The molecule has 0 saturated carbocycles. The molecular formula is C24H39N5O2. The van der Waals surface area contributed by atoms with Crippen LogP contribution in [-0.2, 0) is 4.79 Å². The molecule has 0 spiro atoms. The van der Waals surface area contributed by atoms with E-state index in [4.69, 9.17) is 5.84 Å². The Hall–Kier alpha value is -1.67. The molecule has 3 saturated heterocycles. The number of hydrogen-bond donors (Lipinski definition) is 3. The molecule has 1 amide bonds. The highest BCUT2D eigenvalue weighted by molar-refractivity contribution is 5.77. The van der Waals surface area contributed by atoms with Crippen molar-refractivity contribution in [2.45, 2.75) is 51.2 Å². The van der Waals surface area contributed by atoms with Crippen LogP contribution in [0.4, 0.5) is 5.69 Å². The number of anilines is 1. The quantitative estimate of drug-likeness (QED) is 0.546. The summed E-state index contributed by atoms with van der Waals surface area (Å²) in [5, 5.41) is 14.7. The number of piperidine rings is 2. The van der Waals surface area contributed by atoms with E-state index in [1.54, 1.807) is 0 Å². The highest BCUT2D eigenvalue weighted by atomic mass is 16.3. The molecule has 0 radical (unpaired) electrons. The third-order valence-corrected chi connectivity index (χ3v) is 7.48. The first kappa shape index (κ1) is 22.5. The Balaban J connectivity index is 1.22. The van der Waals surface area contributed by atoms with E-state index in [-0.39, 0.29) is 11.8 Å². The van der Waals surface area contributed by atoms with E-state index in [1.807, 2.05) is 5.01 Å². The van der Waals surface area contributed by atoms with Crippen molar-refractivity contribution in [3.63, 3.8) is 0 Å². The van der Waals surface area contributed by atoms with Gasteiger partial charge in [-0.1, -0.05) is 19.1 Å². The summed E-state index contributed by atoms with van der Waals surface area (Å²) < 4.78 is 0. The monoisotopic (exact) mass is 429 g/mol. The van der Waals surface area contributed by atoms with Gasteiger partial charge in [0.05, 0.1) is 0 Å². The smallest absolute Gasteiger partial charge is 0.222 e. The first-order valence-corrected chi connectivity index (χ1v) is 12.1. The van der Waals surface area contributed by atoms with Crippen molar-refractivity contribution >= 4 is 11.6 Å². The van der Waals surface area contributed by atoms with Gasteiger partial charge in [0.2, 0.25) is 5.91 Å². The second-order valence-electron chi connectivity index (χ2n) is 9.68.